The highest BCUT2D eigenvalue weighted by Gasteiger charge is 2.31. The summed E-state index contributed by atoms with van der Waals surface area (Å²) in [4.78, 5) is 2.50. The summed E-state index contributed by atoms with van der Waals surface area (Å²) in [5.74, 6) is 2.75. The molecule has 0 spiro atoms. The van der Waals surface area contributed by atoms with Crippen LogP contribution in [0.3, 0.4) is 0 Å². The number of aromatic nitrogens is 3. The third-order valence-corrected chi connectivity index (χ3v) is 5.64. The van der Waals surface area contributed by atoms with Crippen LogP contribution in [0.15, 0.2) is 35.5 Å². The smallest absolute Gasteiger partial charge is 0.195 e. The van der Waals surface area contributed by atoms with Gasteiger partial charge in [-0.15, -0.1) is 10.2 Å². The quantitative estimate of drug-likeness (QED) is 0.754. The van der Waals surface area contributed by atoms with Crippen LogP contribution in [0.2, 0.25) is 0 Å². The zero-order valence-electron chi connectivity index (χ0n) is 14.1. The molecule has 4 rings (SSSR count). The molecule has 1 saturated carbocycles. The molecule has 6 heteroatoms. The third-order valence-electron chi connectivity index (χ3n) is 4.73. The fourth-order valence-corrected chi connectivity index (χ4v) is 4.08. The first-order chi connectivity index (χ1) is 11.8. The number of ether oxygens (including phenoxy) is 1. The Morgan fingerprint density at radius 2 is 2.04 bits per heavy atom. The maximum absolute atomic E-state index is 5.52. The highest BCUT2D eigenvalue weighted by molar-refractivity contribution is 7.99. The van der Waals surface area contributed by atoms with Crippen molar-refractivity contribution in [1.82, 2.24) is 19.7 Å². The predicted octanol–water partition coefficient (Wildman–Crippen LogP) is 2.96. The van der Waals surface area contributed by atoms with Crippen LogP contribution in [-0.2, 0) is 4.74 Å². The van der Waals surface area contributed by atoms with E-state index < -0.39 is 0 Å². The van der Waals surface area contributed by atoms with Gasteiger partial charge >= 0.3 is 0 Å². The monoisotopic (exact) mass is 344 g/mol. The Bertz CT molecular complexity index is 671. The number of morpholine rings is 1. The highest BCUT2D eigenvalue weighted by atomic mass is 32.2. The van der Waals surface area contributed by atoms with E-state index in [9.17, 15) is 0 Å². The molecule has 128 valence electrons. The summed E-state index contributed by atoms with van der Waals surface area (Å²) >= 11 is 1.81. The number of thioether (sulfide) groups is 1. The summed E-state index contributed by atoms with van der Waals surface area (Å²) in [5.41, 5.74) is 1.17. The minimum Gasteiger partial charge on any atom is -0.379 e. The topological polar surface area (TPSA) is 43.2 Å². The minimum absolute atomic E-state index is 0.508. The predicted molar refractivity (Wildman–Crippen MR) is 95.9 cm³/mol. The van der Waals surface area contributed by atoms with E-state index >= 15 is 0 Å². The second kappa shape index (κ2) is 7.25. The van der Waals surface area contributed by atoms with Gasteiger partial charge in [0.2, 0.25) is 0 Å². The van der Waals surface area contributed by atoms with Crippen LogP contribution < -0.4 is 0 Å². The van der Waals surface area contributed by atoms with Gasteiger partial charge in [-0.25, -0.2) is 0 Å². The molecule has 0 amide bonds. The summed E-state index contributed by atoms with van der Waals surface area (Å²) < 4.78 is 7.77. The fraction of sp³-hybridized carbons (Fsp3) is 0.556. The third kappa shape index (κ3) is 3.50. The lowest BCUT2D eigenvalue weighted by atomic mass is 10.2. The van der Waals surface area contributed by atoms with E-state index in [0.717, 1.165) is 43.0 Å². The van der Waals surface area contributed by atoms with Crippen molar-refractivity contribution < 1.29 is 4.74 Å². The van der Waals surface area contributed by atoms with Gasteiger partial charge in [-0.2, -0.15) is 0 Å². The van der Waals surface area contributed by atoms with Gasteiger partial charge in [-0.1, -0.05) is 30.0 Å². The number of rotatable bonds is 6. The van der Waals surface area contributed by atoms with Crippen LogP contribution in [0.5, 0.6) is 0 Å². The molecule has 1 aliphatic carbocycles. The van der Waals surface area contributed by atoms with Crippen LogP contribution in [0.4, 0.5) is 0 Å². The van der Waals surface area contributed by atoms with Crippen molar-refractivity contribution in [1.29, 1.82) is 0 Å². The Hall–Kier alpha value is -1.37. The Morgan fingerprint density at radius 1 is 1.21 bits per heavy atom. The zero-order chi connectivity index (χ0) is 16.4. The molecular weight excluding hydrogens is 320 g/mol. The van der Waals surface area contributed by atoms with Crippen LogP contribution in [0, 0.1) is 0 Å². The second-order valence-corrected chi connectivity index (χ2v) is 7.66. The van der Waals surface area contributed by atoms with E-state index in [1.54, 1.807) is 0 Å². The maximum atomic E-state index is 5.52. The number of benzene rings is 1. The molecule has 1 atom stereocenters. The van der Waals surface area contributed by atoms with Gasteiger partial charge in [0.05, 0.1) is 13.2 Å². The van der Waals surface area contributed by atoms with E-state index in [1.807, 2.05) is 11.8 Å². The number of hydrogen-bond donors (Lipinski definition) is 0. The Labute approximate surface area is 147 Å². The van der Waals surface area contributed by atoms with E-state index in [0.29, 0.717) is 12.0 Å². The van der Waals surface area contributed by atoms with E-state index in [1.165, 1.54) is 18.5 Å². The van der Waals surface area contributed by atoms with E-state index in [-0.39, 0.29) is 0 Å². The molecule has 1 aliphatic heterocycles. The average Bonchev–Trinajstić information content (AvgIpc) is 3.38. The van der Waals surface area contributed by atoms with Gasteiger partial charge in [0, 0.05) is 36.5 Å². The SMILES string of the molecule is CC1COCCN1CCSc1nnc(C2CC2)n1-c1ccccc1. The summed E-state index contributed by atoms with van der Waals surface area (Å²) in [6, 6.07) is 11.0. The molecule has 24 heavy (non-hydrogen) atoms. The molecule has 1 aromatic carbocycles. The molecule has 1 unspecified atom stereocenters. The highest BCUT2D eigenvalue weighted by Crippen LogP contribution is 2.41. The molecule has 2 fully saturated rings. The van der Waals surface area contributed by atoms with Crippen molar-refractivity contribution in [2.24, 2.45) is 0 Å². The first kappa shape index (κ1) is 16.1. The van der Waals surface area contributed by atoms with E-state index in [4.69, 9.17) is 4.74 Å². The zero-order valence-corrected chi connectivity index (χ0v) is 14.9. The Balaban J connectivity index is 1.47. The summed E-state index contributed by atoms with van der Waals surface area (Å²) in [6.45, 7) is 6.02. The lowest BCUT2D eigenvalue weighted by Crippen LogP contribution is -2.44. The fourth-order valence-electron chi connectivity index (χ4n) is 3.15. The normalized spacial score (nSPS) is 22.0. The molecular formula is C18H24N4OS. The maximum Gasteiger partial charge on any atom is 0.195 e. The van der Waals surface area contributed by atoms with Gasteiger partial charge < -0.3 is 4.74 Å². The lowest BCUT2D eigenvalue weighted by molar-refractivity contribution is 0.00298. The second-order valence-electron chi connectivity index (χ2n) is 6.59. The molecule has 5 nitrogen and oxygen atoms in total. The standard InChI is InChI=1S/C18H24N4OS/c1-14-13-23-11-9-21(14)10-12-24-18-20-19-17(15-7-8-15)22(18)16-5-3-2-4-6-16/h2-6,14-15H,7-13H2,1H3. The van der Waals surface area contributed by atoms with Crippen molar-refractivity contribution >= 4 is 11.8 Å². The first-order valence-corrected chi connectivity index (χ1v) is 9.77. The van der Waals surface area contributed by atoms with Crippen LogP contribution in [0.1, 0.15) is 31.5 Å². The van der Waals surface area contributed by atoms with Crippen LogP contribution in [0.25, 0.3) is 5.69 Å². The number of hydrogen-bond acceptors (Lipinski definition) is 5. The molecule has 0 bridgehead atoms. The van der Waals surface area contributed by atoms with Gasteiger partial charge in [0.25, 0.3) is 0 Å². The Kier molecular flexibility index (Phi) is 4.87. The van der Waals surface area contributed by atoms with Crippen molar-refractivity contribution in [3.05, 3.63) is 36.2 Å². The van der Waals surface area contributed by atoms with Gasteiger partial charge in [0.15, 0.2) is 5.16 Å². The van der Waals surface area contributed by atoms with Crippen LogP contribution in [-0.4, -0.2) is 57.8 Å². The molecule has 0 N–H and O–H groups in total. The van der Waals surface area contributed by atoms with E-state index in [2.05, 4.69) is 56.9 Å². The summed E-state index contributed by atoms with van der Waals surface area (Å²) in [5, 5.41) is 10.00. The number of nitrogens with zero attached hydrogens (tertiary/aromatic N) is 4. The van der Waals surface area contributed by atoms with Crippen molar-refractivity contribution in [2.45, 2.75) is 36.9 Å². The lowest BCUT2D eigenvalue weighted by Gasteiger charge is -2.32. The Morgan fingerprint density at radius 3 is 2.79 bits per heavy atom. The molecule has 0 radical (unpaired) electrons. The average molecular weight is 344 g/mol. The first-order valence-electron chi connectivity index (χ1n) is 8.78. The van der Waals surface area contributed by atoms with Gasteiger partial charge in [0.1, 0.15) is 5.82 Å². The van der Waals surface area contributed by atoms with Crippen molar-refractivity contribution in [3.63, 3.8) is 0 Å². The molecule has 2 heterocycles. The minimum atomic E-state index is 0.508. The van der Waals surface area contributed by atoms with Crippen molar-refractivity contribution in [2.75, 3.05) is 32.1 Å². The van der Waals surface area contributed by atoms with Gasteiger partial charge in [-0.05, 0) is 31.9 Å². The summed E-state index contributed by atoms with van der Waals surface area (Å²) in [6.07, 6.45) is 2.47. The molecule has 1 saturated heterocycles. The summed E-state index contributed by atoms with van der Waals surface area (Å²) in [7, 11) is 0. The van der Waals surface area contributed by atoms with Gasteiger partial charge in [-0.3, -0.25) is 9.47 Å². The molecule has 2 aliphatic rings. The largest absolute Gasteiger partial charge is 0.379 e. The van der Waals surface area contributed by atoms with Crippen molar-refractivity contribution in [3.8, 4) is 5.69 Å². The van der Waals surface area contributed by atoms with Crippen LogP contribution >= 0.6 is 11.8 Å². The molecule has 2 aromatic rings. The number of para-hydroxylation sites is 1. The molecule has 1 aromatic heterocycles.